The highest BCUT2D eigenvalue weighted by molar-refractivity contribution is 4.87. The summed E-state index contributed by atoms with van der Waals surface area (Å²) >= 11 is 0. The molecule has 0 saturated heterocycles. The smallest absolute Gasteiger partial charge is 0.0834 e. The third-order valence-electron chi connectivity index (χ3n) is 4.10. The third kappa shape index (κ3) is 3.19. The molecule has 16 heavy (non-hydrogen) atoms. The first-order chi connectivity index (χ1) is 7.70. The molecule has 0 spiro atoms. The first kappa shape index (κ1) is 12.3. The Morgan fingerprint density at radius 2 is 1.75 bits per heavy atom. The van der Waals surface area contributed by atoms with E-state index in [1.807, 2.05) is 0 Å². The van der Waals surface area contributed by atoms with Crippen molar-refractivity contribution >= 4 is 0 Å². The Labute approximate surface area is 98.4 Å². The second-order valence-electron chi connectivity index (χ2n) is 5.62. The van der Waals surface area contributed by atoms with Crippen molar-refractivity contribution in [3.05, 3.63) is 0 Å². The summed E-state index contributed by atoms with van der Waals surface area (Å²) in [5.74, 6) is 0. The van der Waals surface area contributed by atoms with E-state index in [9.17, 15) is 5.11 Å². The quantitative estimate of drug-likeness (QED) is 0.725. The molecule has 94 valence electrons. The molecule has 3 nitrogen and oxygen atoms in total. The minimum atomic E-state index is -0.255. The van der Waals surface area contributed by atoms with Gasteiger partial charge in [-0.2, -0.15) is 0 Å². The van der Waals surface area contributed by atoms with E-state index in [-0.39, 0.29) is 17.7 Å². The molecule has 0 amide bonds. The van der Waals surface area contributed by atoms with Crippen molar-refractivity contribution in [1.29, 1.82) is 0 Å². The van der Waals surface area contributed by atoms with Gasteiger partial charge in [0.1, 0.15) is 0 Å². The highest BCUT2D eigenvalue weighted by Crippen LogP contribution is 2.28. The van der Waals surface area contributed by atoms with Gasteiger partial charge >= 0.3 is 0 Å². The van der Waals surface area contributed by atoms with Crippen LogP contribution in [-0.2, 0) is 4.74 Å². The Bertz CT molecular complexity index is 212. The molecular formula is C13H25NO2. The van der Waals surface area contributed by atoms with E-state index in [1.165, 1.54) is 25.7 Å². The molecule has 2 atom stereocenters. The van der Waals surface area contributed by atoms with Gasteiger partial charge in [0, 0.05) is 5.54 Å². The summed E-state index contributed by atoms with van der Waals surface area (Å²) in [5.41, 5.74) is 6.25. The molecule has 2 fully saturated rings. The van der Waals surface area contributed by atoms with E-state index in [4.69, 9.17) is 10.5 Å². The maximum absolute atomic E-state index is 9.69. The lowest BCUT2D eigenvalue weighted by Crippen LogP contribution is -2.45. The standard InChI is InChI=1S/C13H25NO2/c14-13(8-3-1-2-4-9-13)10-16-12-7-5-6-11(12)15/h11-12,15H,1-10,14H2. The molecule has 2 aliphatic rings. The molecule has 0 aromatic carbocycles. The van der Waals surface area contributed by atoms with Crippen molar-refractivity contribution in [3.8, 4) is 0 Å². The van der Waals surface area contributed by atoms with Crippen LogP contribution in [0.3, 0.4) is 0 Å². The summed E-state index contributed by atoms with van der Waals surface area (Å²) in [6.45, 7) is 0.634. The Morgan fingerprint density at radius 3 is 2.31 bits per heavy atom. The molecule has 0 aromatic heterocycles. The average Bonchev–Trinajstić information content (AvgIpc) is 2.54. The minimum absolute atomic E-state index is 0.0451. The normalized spacial score (nSPS) is 34.9. The predicted octanol–water partition coefficient (Wildman–Crippen LogP) is 1.97. The second-order valence-corrected chi connectivity index (χ2v) is 5.62. The lowest BCUT2D eigenvalue weighted by molar-refractivity contribution is -0.0395. The van der Waals surface area contributed by atoms with Gasteiger partial charge in [0.2, 0.25) is 0 Å². The Hall–Kier alpha value is -0.120. The summed E-state index contributed by atoms with van der Waals surface area (Å²) < 4.78 is 5.84. The van der Waals surface area contributed by atoms with Gasteiger partial charge in [0.15, 0.2) is 0 Å². The van der Waals surface area contributed by atoms with Crippen LogP contribution in [0.4, 0.5) is 0 Å². The summed E-state index contributed by atoms with van der Waals surface area (Å²) in [5, 5.41) is 9.69. The fourth-order valence-corrected chi connectivity index (χ4v) is 2.95. The van der Waals surface area contributed by atoms with E-state index in [1.54, 1.807) is 0 Å². The number of ether oxygens (including phenoxy) is 1. The first-order valence-corrected chi connectivity index (χ1v) is 6.78. The molecule has 0 aromatic rings. The molecule has 2 saturated carbocycles. The zero-order chi connectivity index (χ0) is 11.4. The molecule has 3 heteroatoms. The molecular weight excluding hydrogens is 202 g/mol. The van der Waals surface area contributed by atoms with Gasteiger partial charge in [0.05, 0.1) is 18.8 Å². The second kappa shape index (κ2) is 5.48. The molecule has 0 heterocycles. The summed E-state index contributed by atoms with van der Waals surface area (Å²) in [7, 11) is 0. The van der Waals surface area contributed by atoms with Crippen molar-refractivity contribution < 1.29 is 9.84 Å². The van der Waals surface area contributed by atoms with Crippen LogP contribution in [0.25, 0.3) is 0 Å². The number of rotatable bonds is 3. The average molecular weight is 227 g/mol. The van der Waals surface area contributed by atoms with Gasteiger partial charge in [-0.3, -0.25) is 0 Å². The van der Waals surface area contributed by atoms with Crippen LogP contribution in [0.2, 0.25) is 0 Å². The van der Waals surface area contributed by atoms with Gasteiger partial charge < -0.3 is 15.6 Å². The Kier molecular flexibility index (Phi) is 4.22. The minimum Gasteiger partial charge on any atom is -0.390 e. The van der Waals surface area contributed by atoms with E-state index in [2.05, 4.69) is 0 Å². The molecule has 2 rings (SSSR count). The Morgan fingerprint density at radius 1 is 1.06 bits per heavy atom. The summed E-state index contributed by atoms with van der Waals surface area (Å²) in [6, 6.07) is 0. The SMILES string of the molecule is NC1(COC2CCCC2O)CCCCCC1. The zero-order valence-corrected chi connectivity index (χ0v) is 10.2. The maximum Gasteiger partial charge on any atom is 0.0834 e. The third-order valence-corrected chi connectivity index (χ3v) is 4.10. The number of hydrogen-bond donors (Lipinski definition) is 2. The molecule has 0 aliphatic heterocycles. The fourth-order valence-electron chi connectivity index (χ4n) is 2.95. The molecule has 0 radical (unpaired) electrons. The van der Waals surface area contributed by atoms with E-state index < -0.39 is 0 Å². The van der Waals surface area contributed by atoms with Crippen LogP contribution in [0.5, 0.6) is 0 Å². The van der Waals surface area contributed by atoms with Crippen LogP contribution >= 0.6 is 0 Å². The summed E-state index contributed by atoms with van der Waals surface area (Å²) in [6.07, 6.45) is 10.0. The maximum atomic E-state index is 9.69. The van der Waals surface area contributed by atoms with Crippen molar-refractivity contribution in [2.45, 2.75) is 75.5 Å². The number of hydrogen-bond acceptors (Lipinski definition) is 3. The monoisotopic (exact) mass is 227 g/mol. The Balaban J connectivity index is 1.78. The zero-order valence-electron chi connectivity index (χ0n) is 10.2. The highest BCUT2D eigenvalue weighted by atomic mass is 16.5. The van der Waals surface area contributed by atoms with Crippen molar-refractivity contribution in [2.24, 2.45) is 5.73 Å². The van der Waals surface area contributed by atoms with Crippen molar-refractivity contribution in [1.82, 2.24) is 0 Å². The van der Waals surface area contributed by atoms with Gasteiger partial charge in [-0.05, 0) is 32.1 Å². The van der Waals surface area contributed by atoms with Crippen LogP contribution in [0, 0.1) is 0 Å². The lowest BCUT2D eigenvalue weighted by atomic mass is 9.92. The van der Waals surface area contributed by atoms with Crippen molar-refractivity contribution in [3.63, 3.8) is 0 Å². The lowest BCUT2D eigenvalue weighted by Gasteiger charge is -2.30. The van der Waals surface area contributed by atoms with Crippen LogP contribution in [-0.4, -0.2) is 29.5 Å². The molecule has 0 bridgehead atoms. The predicted molar refractivity (Wildman–Crippen MR) is 64.2 cm³/mol. The fraction of sp³-hybridized carbons (Fsp3) is 1.00. The van der Waals surface area contributed by atoms with Crippen LogP contribution in [0.1, 0.15) is 57.8 Å². The number of aliphatic hydroxyl groups excluding tert-OH is 1. The van der Waals surface area contributed by atoms with Gasteiger partial charge in [-0.15, -0.1) is 0 Å². The van der Waals surface area contributed by atoms with E-state index >= 15 is 0 Å². The highest BCUT2D eigenvalue weighted by Gasteiger charge is 2.31. The van der Waals surface area contributed by atoms with Gasteiger partial charge in [-0.1, -0.05) is 25.7 Å². The number of nitrogens with two attached hydrogens (primary N) is 1. The first-order valence-electron chi connectivity index (χ1n) is 6.78. The molecule has 2 unspecified atom stereocenters. The topological polar surface area (TPSA) is 55.5 Å². The van der Waals surface area contributed by atoms with Crippen LogP contribution in [0.15, 0.2) is 0 Å². The van der Waals surface area contributed by atoms with E-state index in [0.717, 1.165) is 32.1 Å². The van der Waals surface area contributed by atoms with Gasteiger partial charge in [-0.25, -0.2) is 0 Å². The summed E-state index contributed by atoms with van der Waals surface area (Å²) in [4.78, 5) is 0. The largest absolute Gasteiger partial charge is 0.390 e. The number of aliphatic hydroxyl groups is 1. The van der Waals surface area contributed by atoms with Crippen LogP contribution < -0.4 is 5.73 Å². The molecule has 2 aliphatic carbocycles. The van der Waals surface area contributed by atoms with Gasteiger partial charge in [0.25, 0.3) is 0 Å². The van der Waals surface area contributed by atoms with E-state index in [0.29, 0.717) is 6.61 Å². The molecule has 3 N–H and O–H groups in total. The van der Waals surface area contributed by atoms with Crippen molar-refractivity contribution in [2.75, 3.05) is 6.61 Å².